The van der Waals surface area contributed by atoms with E-state index in [1.807, 2.05) is 0 Å². The average Bonchev–Trinajstić information content (AvgIpc) is 2.61. The van der Waals surface area contributed by atoms with Crippen molar-refractivity contribution in [2.24, 2.45) is 5.92 Å². The highest BCUT2D eigenvalue weighted by Crippen LogP contribution is 2.21. The number of carbonyl (C=O) groups is 3. The molecule has 1 aliphatic rings. The van der Waals surface area contributed by atoms with Crippen LogP contribution >= 0.6 is 0 Å². The zero-order chi connectivity index (χ0) is 12.6. The zero-order valence-corrected chi connectivity index (χ0v) is 8.79. The predicted molar refractivity (Wildman–Crippen MR) is 53.9 cm³/mol. The summed E-state index contributed by atoms with van der Waals surface area (Å²) in [4.78, 5) is 33.5. The molecule has 1 unspecified atom stereocenters. The molecule has 0 aliphatic carbocycles. The van der Waals surface area contributed by atoms with Crippen LogP contribution in [0.15, 0.2) is 6.07 Å². The van der Waals surface area contributed by atoms with Gasteiger partial charge in [0, 0.05) is 12.6 Å². The van der Waals surface area contributed by atoms with Gasteiger partial charge in [-0.3, -0.25) is 14.3 Å². The molecule has 0 fully saturated rings. The van der Waals surface area contributed by atoms with Gasteiger partial charge in [-0.1, -0.05) is 0 Å². The first kappa shape index (κ1) is 11.3. The normalized spacial score (nSPS) is 19.5. The number of hydrogen-bond acceptors (Lipinski definition) is 4. The molecule has 2 N–H and O–H groups in total. The Bertz CT molecular complexity index is 505. The third-order valence-corrected chi connectivity index (χ3v) is 2.73. The quantitative estimate of drug-likeness (QED) is 0.715. The molecule has 1 aromatic heterocycles. The van der Waals surface area contributed by atoms with E-state index in [0.29, 0.717) is 13.0 Å². The maximum absolute atomic E-state index is 11.9. The van der Waals surface area contributed by atoms with Crippen LogP contribution in [0.1, 0.15) is 33.8 Å². The number of aliphatic carboxylic acids is 1. The summed E-state index contributed by atoms with van der Waals surface area (Å²) in [6.07, 6.45) is 0.733. The van der Waals surface area contributed by atoms with Crippen molar-refractivity contribution < 1.29 is 24.6 Å². The number of aryl methyl sites for hydroxylation is 1. The lowest BCUT2D eigenvalue weighted by Gasteiger charge is -2.05. The Labute approximate surface area is 95.7 Å². The van der Waals surface area contributed by atoms with Crippen LogP contribution in [0.25, 0.3) is 0 Å². The van der Waals surface area contributed by atoms with Gasteiger partial charge >= 0.3 is 11.9 Å². The Balaban J connectivity index is 2.43. The first-order valence-corrected chi connectivity index (χ1v) is 5.09. The number of aromatic carboxylic acids is 1. The van der Waals surface area contributed by atoms with E-state index < -0.39 is 23.6 Å². The molecule has 7 heteroatoms. The van der Waals surface area contributed by atoms with Crippen LogP contribution < -0.4 is 0 Å². The van der Waals surface area contributed by atoms with Crippen LogP contribution in [0, 0.1) is 5.92 Å². The number of carbonyl (C=O) groups excluding carboxylic acids is 1. The number of aromatic nitrogens is 2. The lowest BCUT2D eigenvalue weighted by atomic mass is 9.98. The van der Waals surface area contributed by atoms with Crippen LogP contribution in [0.5, 0.6) is 0 Å². The number of rotatable bonds is 2. The van der Waals surface area contributed by atoms with Crippen LogP contribution in [0.3, 0.4) is 0 Å². The van der Waals surface area contributed by atoms with Gasteiger partial charge in [-0.25, -0.2) is 4.79 Å². The fourth-order valence-corrected chi connectivity index (χ4v) is 1.88. The number of hydrogen-bond donors (Lipinski definition) is 2. The van der Waals surface area contributed by atoms with Crippen molar-refractivity contribution in [2.45, 2.75) is 19.4 Å². The standard InChI is InChI=1S/C10H10N2O5/c13-8-5(9(14)15)2-1-3-12-7(8)4-6(11-12)10(16)17/h4-5H,1-3H2,(H,14,15)(H,16,17). The fourth-order valence-electron chi connectivity index (χ4n) is 1.88. The number of ketones is 1. The Morgan fingerprint density at radius 3 is 2.71 bits per heavy atom. The van der Waals surface area contributed by atoms with E-state index >= 15 is 0 Å². The smallest absolute Gasteiger partial charge is 0.356 e. The average molecular weight is 238 g/mol. The minimum absolute atomic E-state index is 0.0623. The molecule has 0 amide bonds. The number of Topliss-reactive ketones (excluding diaryl/α,β-unsaturated/α-hetero) is 1. The highest BCUT2D eigenvalue weighted by molar-refractivity contribution is 6.08. The van der Waals surface area contributed by atoms with Gasteiger partial charge in [0.15, 0.2) is 11.5 Å². The lowest BCUT2D eigenvalue weighted by Crippen LogP contribution is -2.23. The molecule has 1 aliphatic heterocycles. The van der Waals surface area contributed by atoms with Crippen LogP contribution in [0.4, 0.5) is 0 Å². The number of carboxylic acids is 2. The summed E-state index contributed by atoms with van der Waals surface area (Å²) < 4.78 is 1.27. The highest BCUT2D eigenvalue weighted by atomic mass is 16.4. The Morgan fingerprint density at radius 2 is 2.12 bits per heavy atom. The summed E-state index contributed by atoms with van der Waals surface area (Å²) in [7, 11) is 0. The Hall–Kier alpha value is -2.18. The summed E-state index contributed by atoms with van der Waals surface area (Å²) in [6, 6.07) is 1.13. The van der Waals surface area contributed by atoms with Crippen molar-refractivity contribution in [2.75, 3.05) is 0 Å². The minimum atomic E-state index is -1.23. The minimum Gasteiger partial charge on any atom is -0.481 e. The molecule has 2 heterocycles. The second kappa shape index (κ2) is 4.00. The van der Waals surface area contributed by atoms with Gasteiger partial charge in [-0.05, 0) is 12.8 Å². The second-order valence-corrected chi connectivity index (χ2v) is 3.84. The summed E-state index contributed by atoms with van der Waals surface area (Å²) in [5.74, 6) is -4.09. The molecule has 0 radical (unpaired) electrons. The molecule has 7 nitrogen and oxygen atoms in total. The molecule has 0 spiro atoms. The van der Waals surface area contributed by atoms with E-state index in [4.69, 9.17) is 10.2 Å². The number of carboxylic acid groups (broad SMARTS) is 2. The van der Waals surface area contributed by atoms with Gasteiger partial charge in [0.2, 0.25) is 0 Å². The maximum atomic E-state index is 11.9. The van der Waals surface area contributed by atoms with E-state index in [1.54, 1.807) is 0 Å². The summed E-state index contributed by atoms with van der Waals surface area (Å²) in [5.41, 5.74) is -0.174. The number of nitrogens with zero attached hydrogens (tertiary/aromatic N) is 2. The number of fused-ring (bicyclic) bond motifs is 1. The highest BCUT2D eigenvalue weighted by Gasteiger charge is 2.32. The molecule has 0 bridgehead atoms. The molecule has 2 rings (SSSR count). The molecule has 1 atom stereocenters. The van der Waals surface area contributed by atoms with Crippen molar-refractivity contribution in [1.29, 1.82) is 0 Å². The Morgan fingerprint density at radius 1 is 1.41 bits per heavy atom. The van der Waals surface area contributed by atoms with E-state index in [9.17, 15) is 14.4 Å². The summed E-state index contributed by atoms with van der Waals surface area (Å²) >= 11 is 0. The van der Waals surface area contributed by atoms with Gasteiger partial charge in [0.25, 0.3) is 0 Å². The summed E-state index contributed by atoms with van der Waals surface area (Å²) in [5, 5.41) is 21.4. The SMILES string of the molecule is O=C(O)c1cc2n(n1)CCCC(C(=O)O)C2=O. The van der Waals surface area contributed by atoms with Crippen LogP contribution in [0.2, 0.25) is 0 Å². The fraction of sp³-hybridized carbons (Fsp3) is 0.400. The van der Waals surface area contributed by atoms with Crippen molar-refractivity contribution in [1.82, 2.24) is 9.78 Å². The molecule has 0 aromatic carbocycles. The van der Waals surface area contributed by atoms with E-state index in [2.05, 4.69) is 5.10 Å². The first-order valence-electron chi connectivity index (χ1n) is 5.09. The molecule has 17 heavy (non-hydrogen) atoms. The third-order valence-electron chi connectivity index (χ3n) is 2.73. The van der Waals surface area contributed by atoms with Crippen molar-refractivity contribution in [3.63, 3.8) is 0 Å². The molecular weight excluding hydrogens is 228 g/mol. The zero-order valence-electron chi connectivity index (χ0n) is 8.79. The van der Waals surface area contributed by atoms with E-state index in [1.165, 1.54) is 4.68 Å². The van der Waals surface area contributed by atoms with Gasteiger partial charge in [0.05, 0.1) is 0 Å². The molecule has 0 saturated heterocycles. The van der Waals surface area contributed by atoms with Crippen molar-refractivity contribution in [3.8, 4) is 0 Å². The third kappa shape index (κ3) is 1.91. The van der Waals surface area contributed by atoms with Gasteiger partial charge in [-0.15, -0.1) is 0 Å². The van der Waals surface area contributed by atoms with Gasteiger partial charge < -0.3 is 10.2 Å². The first-order chi connectivity index (χ1) is 8.00. The predicted octanol–water partition coefficient (Wildman–Crippen LogP) is 0.259. The van der Waals surface area contributed by atoms with Gasteiger partial charge in [0.1, 0.15) is 11.6 Å². The molecule has 1 aromatic rings. The maximum Gasteiger partial charge on any atom is 0.356 e. The topological polar surface area (TPSA) is 109 Å². The van der Waals surface area contributed by atoms with Gasteiger partial charge in [-0.2, -0.15) is 5.10 Å². The molecular formula is C10H10N2O5. The van der Waals surface area contributed by atoms with Crippen molar-refractivity contribution >= 4 is 17.7 Å². The van der Waals surface area contributed by atoms with E-state index in [-0.39, 0.29) is 17.8 Å². The monoisotopic (exact) mass is 238 g/mol. The molecule has 0 saturated carbocycles. The van der Waals surface area contributed by atoms with Crippen LogP contribution in [-0.2, 0) is 11.3 Å². The van der Waals surface area contributed by atoms with Crippen LogP contribution in [-0.4, -0.2) is 37.7 Å². The summed E-state index contributed by atoms with van der Waals surface area (Å²) in [6.45, 7) is 0.359. The Kier molecular flexibility index (Phi) is 2.66. The largest absolute Gasteiger partial charge is 0.481 e. The van der Waals surface area contributed by atoms with E-state index in [0.717, 1.165) is 6.07 Å². The lowest BCUT2D eigenvalue weighted by molar-refractivity contribution is -0.140. The second-order valence-electron chi connectivity index (χ2n) is 3.84. The van der Waals surface area contributed by atoms with Crippen molar-refractivity contribution in [3.05, 3.63) is 17.5 Å². The molecule has 90 valence electrons.